The first kappa shape index (κ1) is 10.9. The minimum absolute atomic E-state index is 0.782. The molecule has 1 heterocycles. The molecular formula is C7H12BrN3OS. The fourth-order valence-electron chi connectivity index (χ4n) is 0.894. The molecule has 0 radical (unpaired) electrons. The van der Waals surface area contributed by atoms with E-state index in [1.54, 1.807) is 7.11 Å². The second-order valence-electron chi connectivity index (χ2n) is 2.61. The van der Waals surface area contributed by atoms with Crippen LogP contribution in [0.15, 0.2) is 3.92 Å². The van der Waals surface area contributed by atoms with Crippen molar-refractivity contribution in [1.29, 1.82) is 0 Å². The zero-order valence-electron chi connectivity index (χ0n) is 7.66. The van der Waals surface area contributed by atoms with Crippen LogP contribution < -0.4 is 4.90 Å². The van der Waals surface area contributed by atoms with Gasteiger partial charge in [0, 0.05) is 27.3 Å². The highest BCUT2D eigenvalue weighted by molar-refractivity contribution is 9.11. The normalized spacial score (nSPS) is 10.4. The Morgan fingerprint density at radius 2 is 2.31 bits per heavy atom. The van der Waals surface area contributed by atoms with Crippen LogP contribution in [0.4, 0.5) is 5.13 Å². The van der Waals surface area contributed by atoms with Gasteiger partial charge in [-0.15, -0.1) is 10.2 Å². The monoisotopic (exact) mass is 265 g/mol. The lowest BCUT2D eigenvalue weighted by Gasteiger charge is -2.13. The van der Waals surface area contributed by atoms with Crippen molar-refractivity contribution in [2.45, 2.75) is 6.42 Å². The fourth-order valence-corrected chi connectivity index (χ4v) is 1.97. The topological polar surface area (TPSA) is 38.2 Å². The highest BCUT2D eigenvalue weighted by atomic mass is 79.9. The molecule has 0 unspecified atom stereocenters. The molecule has 0 aliphatic carbocycles. The summed E-state index contributed by atoms with van der Waals surface area (Å²) in [7, 11) is 3.71. The maximum Gasteiger partial charge on any atom is 0.208 e. The van der Waals surface area contributed by atoms with Gasteiger partial charge in [-0.05, 0) is 22.4 Å². The van der Waals surface area contributed by atoms with Crippen molar-refractivity contribution in [3.63, 3.8) is 0 Å². The second-order valence-corrected chi connectivity index (χ2v) is 4.84. The molecule has 6 heteroatoms. The standard InChI is InChI=1S/C7H12BrN3OS/c1-11(4-3-5-12-2)7-10-9-6(8)13-7/h3-5H2,1-2H3. The van der Waals surface area contributed by atoms with Crippen molar-refractivity contribution in [2.24, 2.45) is 0 Å². The summed E-state index contributed by atoms with van der Waals surface area (Å²) in [6.07, 6.45) is 1.00. The molecule has 0 fully saturated rings. The number of hydrogen-bond acceptors (Lipinski definition) is 5. The molecule has 0 amide bonds. The third kappa shape index (κ3) is 3.58. The van der Waals surface area contributed by atoms with Gasteiger partial charge in [-0.3, -0.25) is 0 Å². The van der Waals surface area contributed by atoms with Gasteiger partial charge in [0.05, 0.1) is 0 Å². The van der Waals surface area contributed by atoms with Crippen molar-refractivity contribution in [1.82, 2.24) is 10.2 Å². The van der Waals surface area contributed by atoms with Crippen molar-refractivity contribution in [3.05, 3.63) is 3.92 Å². The summed E-state index contributed by atoms with van der Waals surface area (Å²) in [5, 5.41) is 8.81. The average molecular weight is 266 g/mol. The van der Waals surface area contributed by atoms with Crippen LogP contribution in [0.2, 0.25) is 0 Å². The number of halogens is 1. The van der Waals surface area contributed by atoms with E-state index in [1.165, 1.54) is 11.3 Å². The molecule has 74 valence electrons. The van der Waals surface area contributed by atoms with Gasteiger partial charge in [0.2, 0.25) is 5.13 Å². The zero-order chi connectivity index (χ0) is 9.68. The molecule has 1 rings (SSSR count). The van der Waals surface area contributed by atoms with E-state index in [9.17, 15) is 0 Å². The van der Waals surface area contributed by atoms with E-state index in [0.29, 0.717) is 0 Å². The van der Waals surface area contributed by atoms with Gasteiger partial charge in [0.15, 0.2) is 3.92 Å². The first-order valence-corrected chi connectivity index (χ1v) is 5.54. The second kappa shape index (κ2) is 5.51. The van der Waals surface area contributed by atoms with Gasteiger partial charge < -0.3 is 9.64 Å². The number of nitrogens with zero attached hydrogens (tertiary/aromatic N) is 3. The van der Waals surface area contributed by atoms with Gasteiger partial charge in [0.1, 0.15) is 0 Å². The van der Waals surface area contributed by atoms with Crippen LogP contribution in [-0.2, 0) is 4.74 Å². The Balaban J connectivity index is 2.35. The lowest BCUT2D eigenvalue weighted by molar-refractivity contribution is 0.196. The van der Waals surface area contributed by atoms with Crippen LogP contribution in [0.1, 0.15) is 6.42 Å². The van der Waals surface area contributed by atoms with Gasteiger partial charge in [0.25, 0.3) is 0 Å². The first-order valence-electron chi connectivity index (χ1n) is 3.93. The Morgan fingerprint density at radius 3 is 2.85 bits per heavy atom. The number of hydrogen-bond donors (Lipinski definition) is 0. The minimum Gasteiger partial charge on any atom is -0.385 e. The zero-order valence-corrected chi connectivity index (χ0v) is 10.1. The van der Waals surface area contributed by atoms with E-state index < -0.39 is 0 Å². The number of rotatable bonds is 5. The van der Waals surface area contributed by atoms with E-state index in [4.69, 9.17) is 4.74 Å². The van der Waals surface area contributed by atoms with Crippen LogP contribution in [0.3, 0.4) is 0 Å². The summed E-state index contributed by atoms with van der Waals surface area (Å²) in [5.41, 5.74) is 0. The summed E-state index contributed by atoms with van der Waals surface area (Å²) in [5.74, 6) is 0. The fraction of sp³-hybridized carbons (Fsp3) is 0.714. The largest absolute Gasteiger partial charge is 0.385 e. The molecule has 1 aromatic rings. The van der Waals surface area contributed by atoms with E-state index in [2.05, 4.69) is 31.0 Å². The summed E-state index contributed by atoms with van der Waals surface area (Å²) < 4.78 is 5.79. The highest BCUT2D eigenvalue weighted by Gasteiger charge is 2.05. The Morgan fingerprint density at radius 1 is 1.54 bits per heavy atom. The van der Waals surface area contributed by atoms with E-state index in [0.717, 1.165) is 28.6 Å². The van der Waals surface area contributed by atoms with Crippen LogP contribution in [-0.4, -0.2) is 37.5 Å². The Bertz CT molecular complexity index is 256. The smallest absolute Gasteiger partial charge is 0.208 e. The van der Waals surface area contributed by atoms with Crippen molar-refractivity contribution < 1.29 is 4.74 Å². The molecule has 0 aromatic carbocycles. The maximum absolute atomic E-state index is 4.96. The summed E-state index contributed by atoms with van der Waals surface area (Å²) in [6.45, 7) is 1.72. The summed E-state index contributed by atoms with van der Waals surface area (Å²) in [6, 6.07) is 0. The lowest BCUT2D eigenvalue weighted by atomic mass is 10.4. The molecule has 0 N–H and O–H groups in total. The third-order valence-corrected chi connectivity index (χ3v) is 3.03. The number of aromatic nitrogens is 2. The maximum atomic E-state index is 4.96. The Kier molecular flexibility index (Phi) is 4.61. The van der Waals surface area contributed by atoms with Crippen molar-refractivity contribution in [2.75, 3.05) is 32.2 Å². The molecule has 0 bridgehead atoms. The van der Waals surface area contributed by atoms with E-state index in [1.807, 2.05) is 7.05 Å². The molecule has 0 saturated carbocycles. The lowest BCUT2D eigenvalue weighted by Crippen LogP contribution is -2.19. The molecule has 4 nitrogen and oxygen atoms in total. The Labute approximate surface area is 90.0 Å². The van der Waals surface area contributed by atoms with Gasteiger partial charge in [-0.1, -0.05) is 11.3 Å². The number of anilines is 1. The molecule has 1 aromatic heterocycles. The van der Waals surface area contributed by atoms with Crippen LogP contribution >= 0.6 is 27.3 Å². The third-order valence-electron chi connectivity index (χ3n) is 1.56. The summed E-state index contributed by atoms with van der Waals surface area (Å²) >= 11 is 4.81. The predicted octanol–water partition coefficient (Wildman–Crippen LogP) is 1.77. The van der Waals surface area contributed by atoms with Crippen LogP contribution in [0.5, 0.6) is 0 Å². The highest BCUT2D eigenvalue weighted by Crippen LogP contribution is 2.22. The molecule has 0 aliphatic heterocycles. The average Bonchev–Trinajstić information content (AvgIpc) is 2.52. The molecule has 13 heavy (non-hydrogen) atoms. The van der Waals surface area contributed by atoms with Crippen molar-refractivity contribution >= 4 is 32.4 Å². The predicted molar refractivity (Wildman–Crippen MR) is 57.4 cm³/mol. The molecule has 0 atom stereocenters. The number of ether oxygens (including phenoxy) is 1. The van der Waals surface area contributed by atoms with Crippen LogP contribution in [0, 0.1) is 0 Å². The van der Waals surface area contributed by atoms with Gasteiger partial charge in [-0.2, -0.15) is 0 Å². The summed E-state index contributed by atoms with van der Waals surface area (Å²) in [4.78, 5) is 2.07. The van der Waals surface area contributed by atoms with Gasteiger partial charge in [-0.25, -0.2) is 0 Å². The first-order chi connectivity index (χ1) is 6.24. The van der Waals surface area contributed by atoms with Gasteiger partial charge >= 0.3 is 0 Å². The van der Waals surface area contributed by atoms with E-state index in [-0.39, 0.29) is 0 Å². The van der Waals surface area contributed by atoms with Crippen LogP contribution in [0.25, 0.3) is 0 Å². The minimum atomic E-state index is 0.782. The Hall–Kier alpha value is -0.200. The molecule has 0 aliphatic rings. The number of methoxy groups -OCH3 is 1. The quantitative estimate of drug-likeness (QED) is 0.761. The van der Waals surface area contributed by atoms with Crippen molar-refractivity contribution in [3.8, 4) is 0 Å². The molecular weight excluding hydrogens is 254 g/mol. The molecule has 0 spiro atoms. The SMILES string of the molecule is COCCCN(C)c1nnc(Br)s1. The van der Waals surface area contributed by atoms with E-state index >= 15 is 0 Å². The molecule has 0 saturated heterocycles.